The van der Waals surface area contributed by atoms with Crippen LogP contribution in [-0.2, 0) is 14.8 Å². The van der Waals surface area contributed by atoms with E-state index >= 15 is 0 Å². The molecule has 1 heterocycles. The highest BCUT2D eigenvalue weighted by Crippen LogP contribution is 2.34. The van der Waals surface area contributed by atoms with Crippen LogP contribution in [0.25, 0.3) is 0 Å². The van der Waals surface area contributed by atoms with Gasteiger partial charge in [0.15, 0.2) is 0 Å². The SMILES string of the molecule is C=C[C@H]1C[C@@H](c2ccc(C)cc2)OC(=O)N1S(=O)(=O)c1ccc(C)cc1. The van der Waals surface area contributed by atoms with Gasteiger partial charge in [-0.15, -0.1) is 6.58 Å². The summed E-state index contributed by atoms with van der Waals surface area (Å²) in [6, 6.07) is 13.3. The fourth-order valence-electron chi connectivity index (χ4n) is 2.95. The van der Waals surface area contributed by atoms with Gasteiger partial charge in [-0.2, -0.15) is 4.31 Å². The highest BCUT2D eigenvalue weighted by Gasteiger charge is 2.42. The van der Waals surface area contributed by atoms with E-state index < -0.39 is 28.3 Å². The maximum Gasteiger partial charge on any atom is 0.425 e. The summed E-state index contributed by atoms with van der Waals surface area (Å²) in [5.41, 5.74) is 2.87. The third kappa shape index (κ3) is 3.37. The van der Waals surface area contributed by atoms with Crippen LogP contribution in [0, 0.1) is 13.8 Å². The van der Waals surface area contributed by atoms with Gasteiger partial charge in [-0.25, -0.2) is 13.2 Å². The molecule has 0 aromatic heterocycles. The minimum atomic E-state index is -4.01. The summed E-state index contributed by atoms with van der Waals surface area (Å²) in [6.07, 6.45) is 0.416. The monoisotopic (exact) mass is 371 g/mol. The van der Waals surface area contributed by atoms with Crippen LogP contribution in [0.3, 0.4) is 0 Å². The number of sulfonamides is 1. The molecule has 0 N–H and O–H groups in total. The number of hydrogen-bond acceptors (Lipinski definition) is 4. The number of nitrogens with zero attached hydrogens (tertiary/aromatic N) is 1. The fourth-order valence-corrected chi connectivity index (χ4v) is 4.42. The zero-order valence-corrected chi connectivity index (χ0v) is 15.6. The lowest BCUT2D eigenvalue weighted by Crippen LogP contribution is -2.48. The van der Waals surface area contributed by atoms with E-state index in [-0.39, 0.29) is 4.90 Å². The molecule has 1 fully saturated rings. The molecule has 26 heavy (non-hydrogen) atoms. The van der Waals surface area contributed by atoms with Gasteiger partial charge in [0.25, 0.3) is 10.0 Å². The lowest BCUT2D eigenvalue weighted by Gasteiger charge is -2.36. The van der Waals surface area contributed by atoms with Crippen molar-refractivity contribution in [1.29, 1.82) is 0 Å². The number of hydrogen-bond donors (Lipinski definition) is 0. The Labute approximate surface area is 154 Å². The van der Waals surface area contributed by atoms with E-state index in [2.05, 4.69) is 6.58 Å². The number of carbonyl (C=O) groups excluding carboxylic acids is 1. The van der Waals surface area contributed by atoms with E-state index in [1.807, 2.05) is 38.1 Å². The zero-order valence-electron chi connectivity index (χ0n) is 14.8. The fraction of sp³-hybridized carbons (Fsp3) is 0.250. The van der Waals surface area contributed by atoms with Crippen molar-refractivity contribution < 1.29 is 17.9 Å². The second kappa shape index (κ2) is 6.96. The van der Waals surface area contributed by atoms with E-state index in [4.69, 9.17) is 4.74 Å². The molecule has 1 amide bonds. The molecule has 2 aromatic carbocycles. The summed E-state index contributed by atoms with van der Waals surface area (Å²) in [5.74, 6) is 0. The van der Waals surface area contributed by atoms with Gasteiger partial charge in [0.2, 0.25) is 0 Å². The lowest BCUT2D eigenvalue weighted by molar-refractivity contribution is 0.0354. The molecule has 5 nitrogen and oxygen atoms in total. The molecule has 0 aliphatic carbocycles. The number of benzene rings is 2. The van der Waals surface area contributed by atoms with Gasteiger partial charge >= 0.3 is 6.09 Å². The first-order chi connectivity index (χ1) is 12.3. The highest BCUT2D eigenvalue weighted by molar-refractivity contribution is 7.89. The largest absolute Gasteiger partial charge is 0.440 e. The Kier molecular flexibility index (Phi) is 4.87. The maximum absolute atomic E-state index is 12.9. The van der Waals surface area contributed by atoms with Crippen LogP contribution in [-0.4, -0.2) is 24.9 Å². The van der Waals surface area contributed by atoms with E-state index in [1.54, 1.807) is 12.1 Å². The Bertz CT molecular complexity index is 917. The summed E-state index contributed by atoms with van der Waals surface area (Å²) < 4.78 is 32.1. The second-order valence-corrected chi connectivity index (χ2v) is 8.25. The third-order valence-electron chi connectivity index (χ3n) is 4.48. The van der Waals surface area contributed by atoms with Crippen molar-refractivity contribution in [3.8, 4) is 0 Å². The molecule has 2 atom stereocenters. The van der Waals surface area contributed by atoms with Gasteiger partial charge in [-0.1, -0.05) is 53.6 Å². The standard InChI is InChI=1S/C20H21NO4S/c1-4-17-13-19(16-9-5-14(2)6-10-16)25-20(22)21(17)26(23,24)18-11-7-15(3)8-12-18/h4-12,17,19H,1,13H2,2-3H3/t17-,19-/m0/s1. The normalized spacial score (nSPS) is 20.5. The number of carbonyl (C=O) groups is 1. The molecular formula is C20H21NO4S. The molecule has 1 aliphatic rings. The first-order valence-electron chi connectivity index (χ1n) is 8.34. The Hall–Kier alpha value is -2.60. The van der Waals surface area contributed by atoms with Gasteiger partial charge in [-0.05, 0) is 31.5 Å². The number of cyclic esters (lactones) is 1. The first kappa shape index (κ1) is 18.2. The Morgan fingerprint density at radius 3 is 2.12 bits per heavy atom. The van der Waals surface area contributed by atoms with Crippen LogP contribution in [0.1, 0.15) is 29.2 Å². The molecule has 2 aromatic rings. The minimum Gasteiger partial charge on any atom is -0.440 e. The summed E-state index contributed by atoms with van der Waals surface area (Å²) >= 11 is 0. The van der Waals surface area contributed by atoms with Crippen molar-refractivity contribution in [1.82, 2.24) is 4.31 Å². The molecule has 136 valence electrons. The van der Waals surface area contributed by atoms with Crippen molar-refractivity contribution >= 4 is 16.1 Å². The zero-order chi connectivity index (χ0) is 18.9. The molecule has 6 heteroatoms. The molecule has 1 saturated heterocycles. The summed E-state index contributed by atoms with van der Waals surface area (Å²) in [4.78, 5) is 12.6. The predicted molar refractivity (Wildman–Crippen MR) is 99.2 cm³/mol. The van der Waals surface area contributed by atoms with Gasteiger partial charge in [0, 0.05) is 6.42 Å². The van der Waals surface area contributed by atoms with Gasteiger partial charge in [0.05, 0.1) is 10.9 Å². The molecule has 0 spiro atoms. The molecule has 0 unspecified atom stereocenters. The van der Waals surface area contributed by atoms with Crippen molar-refractivity contribution in [2.45, 2.75) is 37.3 Å². The van der Waals surface area contributed by atoms with E-state index in [0.717, 1.165) is 21.0 Å². The maximum atomic E-state index is 12.9. The van der Waals surface area contributed by atoms with Crippen LogP contribution >= 0.6 is 0 Å². The molecular weight excluding hydrogens is 350 g/mol. The first-order valence-corrected chi connectivity index (χ1v) is 9.78. The third-order valence-corrected chi connectivity index (χ3v) is 6.28. The van der Waals surface area contributed by atoms with E-state index in [9.17, 15) is 13.2 Å². The van der Waals surface area contributed by atoms with Gasteiger partial charge < -0.3 is 4.74 Å². The molecule has 1 aliphatic heterocycles. The highest BCUT2D eigenvalue weighted by atomic mass is 32.2. The van der Waals surface area contributed by atoms with Crippen LogP contribution in [0.15, 0.2) is 66.1 Å². The van der Waals surface area contributed by atoms with Gasteiger partial charge in [0.1, 0.15) is 6.10 Å². The predicted octanol–water partition coefficient (Wildman–Crippen LogP) is 4.13. The molecule has 0 saturated carbocycles. The Balaban J connectivity index is 1.92. The quantitative estimate of drug-likeness (QED) is 0.758. The van der Waals surface area contributed by atoms with Crippen molar-refractivity contribution in [2.24, 2.45) is 0 Å². The molecule has 3 rings (SSSR count). The Morgan fingerprint density at radius 2 is 1.58 bits per heavy atom. The van der Waals surface area contributed by atoms with Crippen LogP contribution < -0.4 is 0 Å². The van der Waals surface area contributed by atoms with Crippen molar-refractivity contribution in [2.75, 3.05) is 0 Å². The minimum absolute atomic E-state index is 0.0562. The lowest BCUT2D eigenvalue weighted by atomic mass is 10.00. The summed E-state index contributed by atoms with van der Waals surface area (Å²) in [5, 5.41) is 0. The van der Waals surface area contributed by atoms with Crippen LogP contribution in [0.5, 0.6) is 0 Å². The second-order valence-electron chi connectivity index (χ2n) is 6.44. The average molecular weight is 371 g/mol. The molecule has 0 bridgehead atoms. The molecule has 0 radical (unpaired) electrons. The topological polar surface area (TPSA) is 63.7 Å². The number of ether oxygens (including phenoxy) is 1. The van der Waals surface area contributed by atoms with Crippen LogP contribution in [0.4, 0.5) is 4.79 Å². The van der Waals surface area contributed by atoms with Crippen LogP contribution in [0.2, 0.25) is 0 Å². The Morgan fingerprint density at radius 1 is 1.04 bits per heavy atom. The van der Waals surface area contributed by atoms with Crippen molar-refractivity contribution in [3.63, 3.8) is 0 Å². The van der Waals surface area contributed by atoms with Crippen molar-refractivity contribution in [3.05, 3.63) is 77.9 Å². The average Bonchev–Trinajstić information content (AvgIpc) is 2.61. The van der Waals surface area contributed by atoms with E-state index in [0.29, 0.717) is 6.42 Å². The number of amides is 1. The summed E-state index contributed by atoms with van der Waals surface area (Å²) in [7, 11) is -4.01. The smallest absolute Gasteiger partial charge is 0.425 e. The number of rotatable bonds is 4. The van der Waals surface area contributed by atoms with E-state index in [1.165, 1.54) is 18.2 Å². The summed E-state index contributed by atoms with van der Waals surface area (Å²) in [6.45, 7) is 7.56. The number of aryl methyl sites for hydroxylation is 2. The van der Waals surface area contributed by atoms with Gasteiger partial charge in [-0.3, -0.25) is 0 Å².